The van der Waals surface area contributed by atoms with Gasteiger partial charge in [-0.1, -0.05) is 0 Å². The number of anilines is 2. The first kappa shape index (κ1) is 18.3. The van der Waals surface area contributed by atoms with Gasteiger partial charge in [0.25, 0.3) is 11.9 Å². The lowest BCUT2D eigenvalue weighted by Gasteiger charge is -2.17. The van der Waals surface area contributed by atoms with Gasteiger partial charge in [0.2, 0.25) is 0 Å². The van der Waals surface area contributed by atoms with Gasteiger partial charge in [0, 0.05) is 37.8 Å². The number of rotatable bonds is 6. The first-order chi connectivity index (χ1) is 13.5. The number of carbonyl (C=O) groups excluding carboxylic acids is 1. The van der Waals surface area contributed by atoms with Crippen molar-refractivity contribution in [3.05, 3.63) is 47.5 Å². The second-order valence-electron chi connectivity index (χ2n) is 7.28. The summed E-state index contributed by atoms with van der Waals surface area (Å²) in [7, 11) is 6.01. The normalized spacial score (nSPS) is 12.9. The summed E-state index contributed by atoms with van der Waals surface area (Å²) in [6.07, 6.45) is 0.839. The second-order valence-corrected chi connectivity index (χ2v) is 7.28. The van der Waals surface area contributed by atoms with Gasteiger partial charge in [-0.2, -0.15) is 4.98 Å². The molecule has 7 nitrogen and oxygen atoms in total. The molecule has 0 saturated heterocycles. The van der Waals surface area contributed by atoms with Crippen molar-refractivity contribution in [3.63, 3.8) is 0 Å². The fourth-order valence-corrected chi connectivity index (χ4v) is 3.13. The van der Waals surface area contributed by atoms with Gasteiger partial charge in [-0.3, -0.25) is 4.79 Å². The number of aromatic nitrogens is 1. The highest BCUT2D eigenvalue weighted by Crippen LogP contribution is 2.27. The van der Waals surface area contributed by atoms with Crippen molar-refractivity contribution < 1.29 is 13.9 Å². The summed E-state index contributed by atoms with van der Waals surface area (Å²) in [5, 5.41) is 2.94. The minimum Gasteiger partial charge on any atom is -0.493 e. The smallest absolute Gasteiger partial charge is 0.298 e. The van der Waals surface area contributed by atoms with E-state index in [1.54, 1.807) is 6.07 Å². The zero-order valence-electron chi connectivity index (χ0n) is 16.4. The van der Waals surface area contributed by atoms with Crippen molar-refractivity contribution in [1.29, 1.82) is 0 Å². The van der Waals surface area contributed by atoms with Crippen molar-refractivity contribution in [2.45, 2.75) is 6.42 Å². The zero-order valence-corrected chi connectivity index (χ0v) is 16.4. The Morgan fingerprint density at radius 1 is 1.14 bits per heavy atom. The molecule has 1 amide bonds. The highest BCUT2D eigenvalue weighted by atomic mass is 16.5. The first-order valence-electron chi connectivity index (χ1n) is 9.33. The Morgan fingerprint density at radius 2 is 2.00 bits per heavy atom. The molecule has 4 rings (SSSR count). The van der Waals surface area contributed by atoms with E-state index in [-0.39, 0.29) is 5.91 Å². The lowest BCUT2D eigenvalue weighted by Crippen LogP contribution is -2.28. The molecule has 0 radical (unpaired) electrons. The van der Waals surface area contributed by atoms with E-state index < -0.39 is 0 Å². The van der Waals surface area contributed by atoms with Crippen molar-refractivity contribution in [3.8, 4) is 5.75 Å². The maximum Gasteiger partial charge on any atom is 0.298 e. The van der Waals surface area contributed by atoms with Crippen LogP contribution in [-0.2, 0) is 6.42 Å². The molecule has 0 spiro atoms. The molecule has 7 heteroatoms. The Morgan fingerprint density at radius 3 is 2.82 bits per heavy atom. The van der Waals surface area contributed by atoms with E-state index in [1.807, 2.05) is 56.4 Å². The predicted octanol–water partition coefficient (Wildman–Crippen LogP) is 3.01. The number of hydrogen-bond donors (Lipinski definition) is 1. The highest BCUT2D eigenvalue weighted by molar-refractivity contribution is 6.05. The van der Waals surface area contributed by atoms with Gasteiger partial charge in [0.1, 0.15) is 11.3 Å². The molecular formula is C21H24N4O3. The third kappa shape index (κ3) is 3.80. The van der Waals surface area contributed by atoms with Crippen LogP contribution in [0.4, 0.5) is 11.7 Å². The van der Waals surface area contributed by atoms with Crippen molar-refractivity contribution in [2.24, 2.45) is 0 Å². The molecule has 2 aromatic carbocycles. The van der Waals surface area contributed by atoms with Gasteiger partial charge in [0.15, 0.2) is 5.58 Å². The summed E-state index contributed by atoms with van der Waals surface area (Å²) >= 11 is 0. The fourth-order valence-electron chi connectivity index (χ4n) is 3.13. The number of oxazole rings is 1. The number of ether oxygens (including phenoxy) is 1. The molecule has 1 N–H and O–H groups in total. The van der Waals surface area contributed by atoms with Crippen LogP contribution >= 0.6 is 0 Å². The Bertz CT molecular complexity index is 1010. The van der Waals surface area contributed by atoms with Crippen molar-refractivity contribution in [1.82, 2.24) is 9.88 Å². The molecular weight excluding hydrogens is 356 g/mol. The van der Waals surface area contributed by atoms with E-state index in [9.17, 15) is 4.79 Å². The first-order valence-corrected chi connectivity index (χ1v) is 9.33. The van der Waals surface area contributed by atoms with E-state index in [0.29, 0.717) is 35.0 Å². The molecule has 1 aromatic heterocycles. The third-order valence-electron chi connectivity index (χ3n) is 4.79. The zero-order chi connectivity index (χ0) is 19.7. The number of likely N-dealkylation sites (N-methyl/N-ethyl adjacent to an activating group) is 2. The summed E-state index contributed by atoms with van der Waals surface area (Å²) in [5.41, 5.74) is 3.79. The van der Waals surface area contributed by atoms with Crippen LogP contribution in [0.5, 0.6) is 5.75 Å². The molecule has 0 fully saturated rings. The van der Waals surface area contributed by atoms with Crippen LogP contribution < -0.4 is 15.0 Å². The van der Waals surface area contributed by atoms with E-state index >= 15 is 0 Å². The van der Waals surface area contributed by atoms with E-state index in [2.05, 4.69) is 15.2 Å². The van der Waals surface area contributed by atoms with Gasteiger partial charge in [-0.25, -0.2) is 0 Å². The monoisotopic (exact) mass is 380 g/mol. The summed E-state index contributed by atoms with van der Waals surface area (Å²) in [5.74, 6) is 0.715. The van der Waals surface area contributed by atoms with Crippen molar-refractivity contribution in [2.75, 3.05) is 51.1 Å². The molecule has 0 unspecified atom stereocenters. The Labute approximate surface area is 163 Å². The van der Waals surface area contributed by atoms with Crippen LogP contribution in [0.2, 0.25) is 0 Å². The van der Waals surface area contributed by atoms with Crippen molar-refractivity contribution >= 4 is 28.7 Å². The summed E-state index contributed by atoms with van der Waals surface area (Å²) in [6.45, 7) is 2.39. The van der Waals surface area contributed by atoms with Crippen LogP contribution in [0.15, 0.2) is 40.8 Å². The molecule has 0 bridgehead atoms. The number of benzene rings is 2. The quantitative estimate of drug-likeness (QED) is 0.709. The largest absolute Gasteiger partial charge is 0.493 e. The molecule has 1 aliphatic rings. The number of nitrogens with one attached hydrogen (secondary N) is 1. The third-order valence-corrected chi connectivity index (χ3v) is 4.79. The molecule has 0 saturated carbocycles. The maximum atomic E-state index is 12.6. The second kappa shape index (κ2) is 7.52. The van der Waals surface area contributed by atoms with E-state index in [4.69, 9.17) is 9.15 Å². The minimum atomic E-state index is -0.152. The number of carbonyl (C=O) groups is 1. The molecule has 2 heterocycles. The average molecular weight is 380 g/mol. The maximum absolute atomic E-state index is 12.6. The Kier molecular flexibility index (Phi) is 4.92. The number of nitrogens with zero attached hydrogens (tertiary/aromatic N) is 3. The standard InChI is InChI=1S/C21H24N4O3/c1-24(2)9-10-25(3)21-23-17-13-16(5-7-19(17)28-21)22-20(26)15-4-6-18-14(12-15)8-11-27-18/h4-7,12-13H,8-11H2,1-3H3,(H,22,26). The lowest BCUT2D eigenvalue weighted by atomic mass is 10.1. The molecule has 1 aliphatic heterocycles. The molecule has 28 heavy (non-hydrogen) atoms. The molecule has 3 aromatic rings. The van der Waals surface area contributed by atoms with Crippen LogP contribution in [0.3, 0.4) is 0 Å². The van der Waals surface area contributed by atoms with Gasteiger partial charge in [-0.15, -0.1) is 0 Å². The summed E-state index contributed by atoms with van der Waals surface area (Å²) in [6, 6.07) is 11.6. The van der Waals surface area contributed by atoms with Gasteiger partial charge < -0.3 is 24.3 Å². The van der Waals surface area contributed by atoms with Gasteiger partial charge in [-0.05, 0) is 56.1 Å². The summed E-state index contributed by atoms with van der Waals surface area (Å²) < 4.78 is 11.3. The van der Waals surface area contributed by atoms with E-state index in [1.165, 1.54) is 0 Å². The SMILES string of the molecule is CN(C)CCN(C)c1nc2cc(NC(=O)c3ccc4c(c3)CCO4)ccc2o1. The lowest BCUT2D eigenvalue weighted by molar-refractivity contribution is 0.102. The van der Waals surface area contributed by atoms with Crippen LogP contribution in [0.25, 0.3) is 11.1 Å². The summed E-state index contributed by atoms with van der Waals surface area (Å²) in [4.78, 5) is 21.2. The van der Waals surface area contributed by atoms with Crippen LogP contribution in [0.1, 0.15) is 15.9 Å². The average Bonchev–Trinajstić information content (AvgIpc) is 3.31. The van der Waals surface area contributed by atoms with Crippen LogP contribution in [-0.4, -0.2) is 56.6 Å². The molecule has 146 valence electrons. The van der Waals surface area contributed by atoms with Crippen LogP contribution in [0, 0.1) is 0 Å². The van der Waals surface area contributed by atoms with E-state index in [0.717, 1.165) is 30.8 Å². The van der Waals surface area contributed by atoms with Gasteiger partial charge in [0.05, 0.1) is 6.61 Å². The minimum absolute atomic E-state index is 0.152. The number of hydrogen-bond acceptors (Lipinski definition) is 6. The Hall–Kier alpha value is -3.06. The number of amides is 1. The predicted molar refractivity (Wildman–Crippen MR) is 109 cm³/mol. The highest BCUT2D eigenvalue weighted by Gasteiger charge is 2.16. The number of fused-ring (bicyclic) bond motifs is 2. The fraction of sp³-hybridized carbons (Fsp3) is 0.333. The van der Waals surface area contributed by atoms with Gasteiger partial charge >= 0.3 is 0 Å². The Balaban J connectivity index is 1.49. The molecule has 0 aliphatic carbocycles. The topological polar surface area (TPSA) is 70.8 Å². The molecule has 0 atom stereocenters.